The molecule has 0 aromatic heterocycles. The molecule has 1 heterocycles. The van der Waals surface area contributed by atoms with Crippen molar-refractivity contribution in [3.63, 3.8) is 0 Å². The molecule has 0 radical (unpaired) electrons. The second kappa shape index (κ2) is 6.21. The highest BCUT2D eigenvalue weighted by atomic mass is 35.5. The molecule has 1 aromatic carbocycles. The van der Waals surface area contributed by atoms with Gasteiger partial charge in [-0.15, -0.1) is 11.0 Å². The van der Waals surface area contributed by atoms with Crippen molar-refractivity contribution < 1.29 is 13.2 Å². The number of amides is 1. The zero-order valence-corrected chi connectivity index (χ0v) is 13.6. The van der Waals surface area contributed by atoms with Crippen molar-refractivity contribution in [2.24, 2.45) is 4.40 Å². The summed E-state index contributed by atoms with van der Waals surface area (Å²) in [5.74, 6) is -0.176. The van der Waals surface area contributed by atoms with E-state index in [1.54, 1.807) is 6.92 Å². The molecule has 1 fully saturated rings. The van der Waals surface area contributed by atoms with E-state index in [1.165, 1.54) is 35.2 Å². The van der Waals surface area contributed by atoms with Crippen molar-refractivity contribution >= 4 is 44.5 Å². The van der Waals surface area contributed by atoms with Crippen molar-refractivity contribution in [2.45, 2.75) is 17.1 Å². The first-order valence-corrected chi connectivity index (χ1v) is 8.74. The zero-order valence-electron chi connectivity index (χ0n) is 11.2. The number of carbonyl (C=O) groups excluding carboxylic acids is 1. The lowest BCUT2D eigenvalue weighted by atomic mass is 10.4. The molecule has 0 saturated carbocycles. The lowest BCUT2D eigenvalue weighted by molar-refractivity contribution is -0.125. The van der Waals surface area contributed by atoms with E-state index < -0.39 is 10.0 Å². The molecule has 1 aliphatic rings. The first-order valence-electron chi connectivity index (χ1n) is 6.04. The third kappa shape index (κ3) is 3.48. The number of carbonyl (C=O) groups is 1. The molecule has 21 heavy (non-hydrogen) atoms. The monoisotopic (exact) mass is 344 g/mol. The second-order valence-electron chi connectivity index (χ2n) is 4.30. The Bertz CT molecular complexity index is 699. The first kappa shape index (κ1) is 16.1. The maximum atomic E-state index is 12.3. The van der Waals surface area contributed by atoms with Crippen molar-refractivity contribution in [3.05, 3.63) is 41.9 Å². The van der Waals surface area contributed by atoms with Crippen LogP contribution >= 0.6 is 23.4 Å². The van der Waals surface area contributed by atoms with Crippen molar-refractivity contribution in [1.82, 2.24) is 4.90 Å². The molecular formula is C13H13ClN2O3S2. The van der Waals surface area contributed by atoms with Crippen LogP contribution < -0.4 is 0 Å². The van der Waals surface area contributed by atoms with Crippen LogP contribution in [0.3, 0.4) is 0 Å². The number of nitrogens with zero attached hydrogens (tertiary/aromatic N) is 2. The van der Waals surface area contributed by atoms with Crippen LogP contribution in [0.1, 0.15) is 6.92 Å². The van der Waals surface area contributed by atoms with E-state index in [0.29, 0.717) is 5.02 Å². The lowest BCUT2D eigenvalue weighted by Crippen LogP contribution is -2.31. The summed E-state index contributed by atoms with van der Waals surface area (Å²) in [5, 5.41) is 0.250. The molecular weight excluding hydrogens is 332 g/mol. The van der Waals surface area contributed by atoms with Crippen LogP contribution in [-0.2, 0) is 14.8 Å². The van der Waals surface area contributed by atoms with Gasteiger partial charge in [0.1, 0.15) is 0 Å². The number of rotatable bonds is 4. The quantitative estimate of drug-likeness (QED) is 0.787. The minimum absolute atomic E-state index is 0.0329. The van der Waals surface area contributed by atoms with Gasteiger partial charge in [0.05, 0.1) is 10.1 Å². The van der Waals surface area contributed by atoms with Gasteiger partial charge in [0.25, 0.3) is 10.0 Å². The highest BCUT2D eigenvalue weighted by molar-refractivity contribution is 8.16. The SMILES string of the molecule is C=CCN1C(=O)C(C)S/C1=N/S(=O)(=O)c1ccc(Cl)cc1. The van der Waals surface area contributed by atoms with E-state index >= 15 is 0 Å². The van der Waals surface area contributed by atoms with E-state index in [9.17, 15) is 13.2 Å². The minimum atomic E-state index is -3.88. The molecule has 1 amide bonds. The Kier molecular flexibility index (Phi) is 4.75. The zero-order chi connectivity index (χ0) is 15.6. The van der Waals surface area contributed by atoms with E-state index in [0.717, 1.165) is 11.8 Å². The maximum Gasteiger partial charge on any atom is 0.284 e. The Morgan fingerprint density at radius 1 is 1.43 bits per heavy atom. The van der Waals surface area contributed by atoms with Crippen molar-refractivity contribution in [3.8, 4) is 0 Å². The minimum Gasteiger partial charge on any atom is -0.286 e. The first-order chi connectivity index (χ1) is 9.85. The van der Waals surface area contributed by atoms with Crippen LogP contribution in [-0.4, -0.2) is 36.2 Å². The maximum absolute atomic E-state index is 12.3. The number of hydrogen-bond acceptors (Lipinski definition) is 4. The topological polar surface area (TPSA) is 66.8 Å². The van der Waals surface area contributed by atoms with Crippen LogP contribution in [0.4, 0.5) is 0 Å². The van der Waals surface area contributed by atoms with Gasteiger partial charge in [-0.1, -0.05) is 29.4 Å². The van der Waals surface area contributed by atoms with E-state index in [2.05, 4.69) is 11.0 Å². The van der Waals surface area contributed by atoms with Gasteiger partial charge in [0, 0.05) is 11.6 Å². The van der Waals surface area contributed by atoms with E-state index in [4.69, 9.17) is 11.6 Å². The Balaban J connectivity index is 2.39. The Hall–Kier alpha value is -1.31. The van der Waals surface area contributed by atoms with Gasteiger partial charge in [-0.25, -0.2) is 0 Å². The Morgan fingerprint density at radius 3 is 2.62 bits per heavy atom. The number of amidine groups is 1. The lowest BCUT2D eigenvalue weighted by Gasteiger charge is -2.13. The van der Waals surface area contributed by atoms with Crippen molar-refractivity contribution in [2.75, 3.05) is 6.54 Å². The third-order valence-electron chi connectivity index (χ3n) is 2.75. The molecule has 0 spiro atoms. The molecule has 0 N–H and O–H groups in total. The highest BCUT2D eigenvalue weighted by Crippen LogP contribution is 2.28. The van der Waals surface area contributed by atoms with Gasteiger partial charge in [0.15, 0.2) is 5.17 Å². The van der Waals surface area contributed by atoms with Crippen molar-refractivity contribution in [1.29, 1.82) is 0 Å². The summed E-state index contributed by atoms with van der Waals surface area (Å²) in [6.07, 6.45) is 1.53. The molecule has 1 saturated heterocycles. The molecule has 1 unspecified atom stereocenters. The summed E-state index contributed by atoms with van der Waals surface area (Å²) in [4.78, 5) is 13.3. The standard InChI is InChI=1S/C13H13ClN2O3S2/c1-3-8-16-12(17)9(2)20-13(16)15-21(18,19)11-6-4-10(14)5-7-11/h3-7,9H,1,8H2,2H3/b15-13+. The van der Waals surface area contributed by atoms with Crippen LogP contribution in [0.2, 0.25) is 5.02 Å². The van der Waals surface area contributed by atoms with E-state index in [1.807, 2.05) is 0 Å². The van der Waals surface area contributed by atoms with Gasteiger partial charge >= 0.3 is 0 Å². The smallest absolute Gasteiger partial charge is 0.284 e. The fourth-order valence-corrected chi connectivity index (χ4v) is 4.03. The number of halogens is 1. The predicted molar refractivity (Wildman–Crippen MR) is 85.0 cm³/mol. The largest absolute Gasteiger partial charge is 0.286 e. The van der Waals surface area contributed by atoms with Gasteiger partial charge in [-0.2, -0.15) is 8.42 Å². The molecule has 0 aliphatic carbocycles. The molecule has 2 rings (SSSR count). The van der Waals surface area contributed by atoms with Crippen LogP contribution in [0.25, 0.3) is 0 Å². The summed E-state index contributed by atoms with van der Waals surface area (Å²) < 4.78 is 28.3. The molecule has 5 nitrogen and oxygen atoms in total. The summed E-state index contributed by atoms with van der Waals surface area (Å²) in [6.45, 7) is 5.50. The summed E-state index contributed by atoms with van der Waals surface area (Å²) in [6, 6.07) is 5.71. The molecule has 112 valence electrons. The van der Waals surface area contributed by atoms with Crippen LogP contribution in [0.5, 0.6) is 0 Å². The molecule has 8 heteroatoms. The summed E-state index contributed by atoms with van der Waals surface area (Å²) in [5.41, 5.74) is 0. The number of sulfonamides is 1. The Labute approximate surface area is 132 Å². The molecule has 1 atom stereocenters. The van der Waals surface area contributed by atoms with E-state index in [-0.39, 0.29) is 27.8 Å². The number of hydrogen-bond donors (Lipinski definition) is 0. The number of benzene rings is 1. The molecule has 1 aromatic rings. The van der Waals surface area contributed by atoms with Gasteiger partial charge < -0.3 is 0 Å². The van der Waals surface area contributed by atoms with Gasteiger partial charge in [-0.3, -0.25) is 9.69 Å². The van der Waals surface area contributed by atoms with Crippen LogP contribution in [0, 0.1) is 0 Å². The average Bonchev–Trinajstić information content (AvgIpc) is 2.67. The summed E-state index contributed by atoms with van der Waals surface area (Å²) in [7, 11) is -3.88. The normalized spacial score (nSPS) is 21.0. The predicted octanol–water partition coefficient (Wildman–Crippen LogP) is 2.53. The van der Waals surface area contributed by atoms with Gasteiger partial charge in [0.2, 0.25) is 5.91 Å². The third-order valence-corrected chi connectivity index (χ3v) is 5.47. The molecule has 0 bridgehead atoms. The highest BCUT2D eigenvalue weighted by Gasteiger charge is 2.35. The van der Waals surface area contributed by atoms with Gasteiger partial charge in [-0.05, 0) is 31.2 Å². The van der Waals surface area contributed by atoms with Crippen LogP contribution in [0.15, 0.2) is 46.2 Å². The summed E-state index contributed by atoms with van der Waals surface area (Å²) >= 11 is 6.86. The molecule has 1 aliphatic heterocycles. The fourth-order valence-electron chi connectivity index (χ4n) is 1.72. The second-order valence-corrected chi connectivity index (χ2v) is 7.65. The average molecular weight is 345 g/mol. The Morgan fingerprint density at radius 2 is 2.05 bits per heavy atom. The fraction of sp³-hybridized carbons (Fsp3) is 0.231. The number of thioether (sulfide) groups is 1.